The van der Waals surface area contributed by atoms with E-state index in [2.05, 4.69) is 52.9 Å². The van der Waals surface area contributed by atoms with E-state index in [1.165, 1.54) is 22.9 Å². The quantitative estimate of drug-likeness (QED) is 0.768. The summed E-state index contributed by atoms with van der Waals surface area (Å²) in [6, 6.07) is 11.0. The standard InChI is InChI=1S/C19H20BrFN2O/c1-13-3-6-18(14(2)11-13)22-7-9-23(10-8-22)19(24)15-4-5-16(20)17(21)12-15/h3-6,11-12H,7-10H2,1-2H3. The van der Waals surface area contributed by atoms with Crippen molar-refractivity contribution in [3.63, 3.8) is 0 Å². The highest BCUT2D eigenvalue weighted by Crippen LogP contribution is 2.23. The number of halogens is 2. The van der Waals surface area contributed by atoms with E-state index in [-0.39, 0.29) is 5.91 Å². The Balaban J connectivity index is 1.68. The topological polar surface area (TPSA) is 23.6 Å². The van der Waals surface area contributed by atoms with Crippen LogP contribution in [0, 0.1) is 19.7 Å². The molecule has 0 unspecified atom stereocenters. The molecule has 0 aromatic heterocycles. The van der Waals surface area contributed by atoms with E-state index in [0.717, 1.165) is 13.1 Å². The first-order valence-electron chi connectivity index (χ1n) is 8.02. The van der Waals surface area contributed by atoms with Gasteiger partial charge in [0.1, 0.15) is 5.82 Å². The Hall–Kier alpha value is -1.88. The largest absolute Gasteiger partial charge is 0.368 e. The maximum absolute atomic E-state index is 13.6. The van der Waals surface area contributed by atoms with Gasteiger partial charge in [0.15, 0.2) is 0 Å². The Morgan fingerprint density at radius 1 is 1.04 bits per heavy atom. The van der Waals surface area contributed by atoms with Crippen molar-refractivity contribution in [1.82, 2.24) is 4.90 Å². The Bertz CT molecular complexity index is 770. The first-order chi connectivity index (χ1) is 11.5. The number of hydrogen-bond acceptors (Lipinski definition) is 2. The third kappa shape index (κ3) is 3.46. The van der Waals surface area contributed by atoms with Crippen molar-refractivity contribution >= 4 is 27.5 Å². The zero-order chi connectivity index (χ0) is 17.3. The number of amides is 1. The van der Waals surface area contributed by atoms with Crippen LogP contribution in [0.25, 0.3) is 0 Å². The van der Waals surface area contributed by atoms with Crippen LogP contribution in [-0.2, 0) is 0 Å². The lowest BCUT2D eigenvalue weighted by molar-refractivity contribution is 0.0746. The van der Waals surface area contributed by atoms with E-state index in [1.807, 2.05) is 0 Å². The van der Waals surface area contributed by atoms with Crippen LogP contribution < -0.4 is 4.90 Å². The van der Waals surface area contributed by atoms with Crippen molar-refractivity contribution in [1.29, 1.82) is 0 Å². The molecule has 0 radical (unpaired) electrons. The van der Waals surface area contributed by atoms with E-state index in [4.69, 9.17) is 0 Å². The van der Waals surface area contributed by atoms with Gasteiger partial charge in [0.25, 0.3) is 5.91 Å². The predicted octanol–water partition coefficient (Wildman–Crippen LogP) is 4.17. The van der Waals surface area contributed by atoms with Gasteiger partial charge in [0, 0.05) is 37.4 Å². The molecule has 0 saturated carbocycles. The minimum atomic E-state index is -0.408. The molecule has 1 aliphatic rings. The van der Waals surface area contributed by atoms with E-state index in [9.17, 15) is 9.18 Å². The molecule has 2 aromatic carbocycles. The van der Waals surface area contributed by atoms with Gasteiger partial charge in [0.05, 0.1) is 4.47 Å². The van der Waals surface area contributed by atoms with Crippen molar-refractivity contribution in [3.8, 4) is 0 Å². The van der Waals surface area contributed by atoms with Gasteiger partial charge in [-0.3, -0.25) is 4.79 Å². The van der Waals surface area contributed by atoms with Crippen molar-refractivity contribution in [3.05, 3.63) is 63.4 Å². The van der Waals surface area contributed by atoms with Crippen molar-refractivity contribution in [2.45, 2.75) is 13.8 Å². The van der Waals surface area contributed by atoms with E-state index in [0.29, 0.717) is 23.1 Å². The van der Waals surface area contributed by atoms with Crippen LogP contribution in [0.15, 0.2) is 40.9 Å². The van der Waals surface area contributed by atoms with Crippen molar-refractivity contribution in [2.75, 3.05) is 31.1 Å². The summed E-state index contributed by atoms with van der Waals surface area (Å²) in [7, 11) is 0. The molecular weight excluding hydrogens is 371 g/mol. The van der Waals surface area contributed by atoms with Crippen molar-refractivity contribution in [2.24, 2.45) is 0 Å². The summed E-state index contributed by atoms with van der Waals surface area (Å²) in [5.41, 5.74) is 4.13. The van der Waals surface area contributed by atoms with Gasteiger partial charge in [0.2, 0.25) is 0 Å². The summed E-state index contributed by atoms with van der Waals surface area (Å²) in [4.78, 5) is 16.6. The number of hydrogen-bond donors (Lipinski definition) is 0. The normalized spacial score (nSPS) is 14.8. The Morgan fingerprint density at radius 2 is 1.75 bits per heavy atom. The second-order valence-corrected chi connectivity index (χ2v) is 7.05. The molecule has 1 amide bonds. The number of nitrogens with zero attached hydrogens (tertiary/aromatic N) is 2. The van der Waals surface area contributed by atoms with Crippen LogP contribution in [0.1, 0.15) is 21.5 Å². The molecule has 0 atom stereocenters. The monoisotopic (exact) mass is 390 g/mol. The van der Waals surface area contributed by atoms with Crippen LogP contribution in [0.2, 0.25) is 0 Å². The van der Waals surface area contributed by atoms with Crippen LogP contribution >= 0.6 is 15.9 Å². The lowest BCUT2D eigenvalue weighted by Gasteiger charge is -2.37. The number of rotatable bonds is 2. The number of carbonyl (C=O) groups is 1. The van der Waals surface area contributed by atoms with Gasteiger partial charge >= 0.3 is 0 Å². The summed E-state index contributed by atoms with van der Waals surface area (Å²) in [6.45, 7) is 7.06. The van der Waals surface area contributed by atoms with Gasteiger partial charge in [-0.2, -0.15) is 0 Å². The maximum Gasteiger partial charge on any atom is 0.254 e. The lowest BCUT2D eigenvalue weighted by Crippen LogP contribution is -2.49. The minimum absolute atomic E-state index is 0.110. The predicted molar refractivity (Wildman–Crippen MR) is 98.1 cm³/mol. The first-order valence-corrected chi connectivity index (χ1v) is 8.81. The molecule has 24 heavy (non-hydrogen) atoms. The van der Waals surface area contributed by atoms with Gasteiger partial charge < -0.3 is 9.80 Å². The van der Waals surface area contributed by atoms with E-state index >= 15 is 0 Å². The van der Waals surface area contributed by atoms with Gasteiger partial charge in [-0.05, 0) is 59.6 Å². The summed E-state index contributed by atoms with van der Waals surface area (Å²) < 4.78 is 14.0. The van der Waals surface area contributed by atoms with Crippen LogP contribution in [0.5, 0.6) is 0 Å². The zero-order valence-corrected chi connectivity index (χ0v) is 15.4. The fourth-order valence-corrected chi connectivity index (χ4v) is 3.37. The highest BCUT2D eigenvalue weighted by molar-refractivity contribution is 9.10. The Labute approximate surface area is 150 Å². The number of carbonyl (C=O) groups excluding carboxylic acids is 1. The van der Waals surface area contributed by atoms with Crippen LogP contribution in [-0.4, -0.2) is 37.0 Å². The molecule has 1 fully saturated rings. The summed E-state index contributed by atoms with van der Waals surface area (Å²) in [5.74, 6) is -0.517. The lowest BCUT2D eigenvalue weighted by atomic mass is 10.1. The molecule has 1 saturated heterocycles. The molecule has 5 heteroatoms. The summed E-state index contributed by atoms with van der Waals surface area (Å²) >= 11 is 3.11. The second kappa shape index (κ2) is 6.93. The molecule has 126 valence electrons. The fraction of sp³-hybridized carbons (Fsp3) is 0.316. The second-order valence-electron chi connectivity index (χ2n) is 6.20. The van der Waals surface area contributed by atoms with Crippen LogP contribution in [0.4, 0.5) is 10.1 Å². The van der Waals surface area contributed by atoms with Gasteiger partial charge in [-0.15, -0.1) is 0 Å². The number of aryl methyl sites for hydroxylation is 2. The molecule has 3 rings (SSSR count). The van der Waals surface area contributed by atoms with Crippen LogP contribution in [0.3, 0.4) is 0 Å². The summed E-state index contributed by atoms with van der Waals surface area (Å²) in [6.07, 6.45) is 0. The Kier molecular flexibility index (Phi) is 4.90. The molecule has 0 aliphatic carbocycles. The third-order valence-corrected chi connectivity index (χ3v) is 5.07. The highest BCUT2D eigenvalue weighted by Gasteiger charge is 2.23. The molecule has 1 heterocycles. The smallest absolute Gasteiger partial charge is 0.254 e. The summed E-state index contributed by atoms with van der Waals surface area (Å²) in [5, 5.41) is 0. The number of anilines is 1. The average Bonchev–Trinajstić information content (AvgIpc) is 2.57. The molecular formula is C19H20BrFN2O. The minimum Gasteiger partial charge on any atom is -0.368 e. The average molecular weight is 391 g/mol. The molecule has 1 aliphatic heterocycles. The number of benzene rings is 2. The molecule has 2 aromatic rings. The molecule has 0 spiro atoms. The maximum atomic E-state index is 13.6. The van der Waals surface area contributed by atoms with Crippen molar-refractivity contribution < 1.29 is 9.18 Å². The third-order valence-electron chi connectivity index (χ3n) is 4.43. The first kappa shape index (κ1) is 17.0. The SMILES string of the molecule is Cc1ccc(N2CCN(C(=O)c3ccc(Br)c(F)c3)CC2)c(C)c1. The zero-order valence-electron chi connectivity index (χ0n) is 13.9. The molecule has 0 bridgehead atoms. The van der Waals surface area contributed by atoms with Gasteiger partial charge in [-0.1, -0.05) is 17.7 Å². The highest BCUT2D eigenvalue weighted by atomic mass is 79.9. The van der Waals surface area contributed by atoms with Gasteiger partial charge in [-0.25, -0.2) is 4.39 Å². The number of piperazine rings is 1. The van der Waals surface area contributed by atoms with E-state index in [1.54, 1.807) is 17.0 Å². The molecule has 3 nitrogen and oxygen atoms in total. The van der Waals surface area contributed by atoms with E-state index < -0.39 is 5.82 Å². The molecule has 0 N–H and O–H groups in total. The fourth-order valence-electron chi connectivity index (χ4n) is 3.12. The Morgan fingerprint density at radius 3 is 2.38 bits per heavy atom.